The SMILES string of the molecule is O=C(NCC[C@H]1Oc2cc(Br)c(Cl)cc2N(CC2CN(C(=O)O)C2)C1=O)OCc1ccccc1. The number of nitrogens with one attached hydrogen (secondary N) is 1. The van der Waals surface area contributed by atoms with Gasteiger partial charge in [0.2, 0.25) is 0 Å². The van der Waals surface area contributed by atoms with Gasteiger partial charge in [-0.3, -0.25) is 4.79 Å². The van der Waals surface area contributed by atoms with E-state index in [9.17, 15) is 14.4 Å². The van der Waals surface area contributed by atoms with Gasteiger partial charge in [-0.2, -0.15) is 0 Å². The molecule has 1 fully saturated rings. The van der Waals surface area contributed by atoms with Crippen LogP contribution in [-0.4, -0.2) is 60.4 Å². The summed E-state index contributed by atoms with van der Waals surface area (Å²) in [7, 11) is 0. The zero-order chi connectivity index (χ0) is 24.2. The summed E-state index contributed by atoms with van der Waals surface area (Å²) in [5.41, 5.74) is 1.41. The molecule has 0 unspecified atom stereocenters. The van der Waals surface area contributed by atoms with E-state index in [2.05, 4.69) is 21.2 Å². The van der Waals surface area contributed by atoms with Crippen LogP contribution in [0.25, 0.3) is 0 Å². The van der Waals surface area contributed by atoms with Crippen LogP contribution in [0.4, 0.5) is 15.3 Å². The zero-order valence-corrected chi connectivity index (χ0v) is 20.4. The lowest BCUT2D eigenvalue weighted by atomic mass is 9.98. The molecule has 2 aliphatic heterocycles. The van der Waals surface area contributed by atoms with Gasteiger partial charge in [-0.25, -0.2) is 9.59 Å². The molecule has 0 aromatic heterocycles. The number of carboxylic acid groups (broad SMARTS) is 1. The first-order valence-electron chi connectivity index (χ1n) is 10.7. The number of fused-ring (bicyclic) bond motifs is 1. The number of rotatable bonds is 7. The van der Waals surface area contributed by atoms with E-state index in [1.807, 2.05) is 30.3 Å². The summed E-state index contributed by atoms with van der Waals surface area (Å²) in [6.07, 6.45) is -2.13. The number of hydrogen-bond donors (Lipinski definition) is 2. The second kappa shape index (κ2) is 10.5. The molecule has 34 heavy (non-hydrogen) atoms. The number of carbonyl (C=O) groups excluding carboxylic acids is 2. The normalized spacial score (nSPS) is 17.5. The molecule has 2 aromatic rings. The van der Waals surface area contributed by atoms with Crippen LogP contribution in [-0.2, 0) is 16.1 Å². The minimum absolute atomic E-state index is 0.0140. The maximum atomic E-state index is 13.2. The van der Waals surface area contributed by atoms with Crippen molar-refractivity contribution < 1.29 is 29.0 Å². The van der Waals surface area contributed by atoms with Gasteiger partial charge in [0.15, 0.2) is 6.10 Å². The fraction of sp³-hybridized carbons (Fsp3) is 0.348. The number of benzene rings is 2. The fourth-order valence-electron chi connectivity index (χ4n) is 3.87. The van der Waals surface area contributed by atoms with E-state index < -0.39 is 18.3 Å². The highest BCUT2D eigenvalue weighted by atomic mass is 79.9. The van der Waals surface area contributed by atoms with Gasteiger partial charge < -0.3 is 29.7 Å². The molecule has 0 spiro atoms. The van der Waals surface area contributed by atoms with Gasteiger partial charge in [-0.05, 0) is 33.6 Å². The summed E-state index contributed by atoms with van der Waals surface area (Å²) in [5, 5.41) is 12.2. The van der Waals surface area contributed by atoms with Gasteiger partial charge in [0.25, 0.3) is 5.91 Å². The number of carbonyl (C=O) groups is 3. The predicted octanol–water partition coefficient (Wildman–Crippen LogP) is 4.12. The van der Waals surface area contributed by atoms with E-state index in [1.54, 1.807) is 17.0 Å². The van der Waals surface area contributed by atoms with Crippen LogP contribution in [0.3, 0.4) is 0 Å². The Bertz CT molecular complexity index is 1080. The van der Waals surface area contributed by atoms with Crippen LogP contribution in [0.1, 0.15) is 12.0 Å². The molecule has 2 heterocycles. The lowest BCUT2D eigenvalue weighted by molar-refractivity contribution is -0.126. The van der Waals surface area contributed by atoms with E-state index in [-0.39, 0.29) is 31.4 Å². The molecule has 1 saturated heterocycles. The molecule has 180 valence electrons. The first-order valence-corrected chi connectivity index (χ1v) is 11.9. The Morgan fingerprint density at radius 3 is 2.68 bits per heavy atom. The Morgan fingerprint density at radius 2 is 1.97 bits per heavy atom. The first kappa shape index (κ1) is 24.2. The van der Waals surface area contributed by atoms with Gasteiger partial charge in [-0.15, -0.1) is 0 Å². The van der Waals surface area contributed by atoms with Gasteiger partial charge in [0, 0.05) is 43.0 Å². The fourth-order valence-corrected chi connectivity index (χ4v) is 4.35. The number of hydrogen-bond acceptors (Lipinski definition) is 5. The summed E-state index contributed by atoms with van der Waals surface area (Å²) in [5.74, 6) is 0.237. The Labute approximate surface area is 209 Å². The monoisotopic (exact) mass is 551 g/mol. The van der Waals surface area contributed by atoms with E-state index in [0.29, 0.717) is 40.6 Å². The summed E-state index contributed by atoms with van der Waals surface area (Å²) in [4.78, 5) is 39.2. The summed E-state index contributed by atoms with van der Waals surface area (Å²) in [6, 6.07) is 12.7. The number of likely N-dealkylation sites (tertiary alicyclic amines) is 1. The minimum atomic E-state index is -0.972. The predicted molar refractivity (Wildman–Crippen MR) is 128 cm³/mol. The number of halogens is 2. The molecule has 3 amide bonds. The molecule has 1 atom stereocenters. The van der Waals surface area contributed by atoms with Gasteiger partial charge in [0.1, 0.15) is 12.4 Å². The Hall–Kier alpha value is -2.98. The van der Waals surface area contributed by atoms with Crippen molar-refractivity contribution in [3.63, 3.8) is 0 Å². The second-order valence-corrected chi connectivity index (χ2v) is 9.38. The van der Waals surface area contributed by atoms with Crippen molar-refractivity contribution >= 4 is 51.3 Å². The number of anilines is 1. The van der Waals surface area contributed by atoms with Crippen LogP contribution in [0.15, 0.2) is 46.9 Å². The zero-order valence-electron chi connectivity index (χ0n) is 18.1. The summed E-state index contributed by atoms with van der Waals surface area (Å²) >= 11 is 9.63. The van der Waals surface area contributed by atoms with E-state index in [1.165, 1.54) is 4.90 Å². The van der Waals surface area contributed by atoms with Crippen molar-refractivity contribution in [1.82, 2.24) is 10.2 Å². The maximum Gasteiger partial charge on any atom is 0.407 e. The van der Waals surface area contributed by atoms with E-state index in [4.69, 9.17) is 26.2 Å². The number of amides is 3. The van der Waals surface area contributed by atoms with E-state index >= 15 is 0 Å². The van der Waals surface area contributed by atoms with Crippen LogP contribution in [0.5, 0.6) is 5.75 Å². The first-order chi connectivity index (χ1) is 16.3. The number of nitrogens with zero attached hydrogens (tertiary/aromatic N) is 2. The van der Waals surface area contributed by atoms with Crippen LogP contribution in [0, 0.1) is 5.92 Å². The highest BCUT2D eigenvalue weighted by Gasteiger charge is 2.39. The topological polar surface area (TPSA) is 108 Å². The molecule has 2 aliphatic rings. The standard InChI is InChI=1S/C23H23BrClN3O6/c24-16-8-20-18(9-17(16)25)28(12-15-10-27(11-15)23(31)32)21(29)19(34-20)6-7-26-22(30)33-13-14-4-2-1-3-5-14/h1-5,8-9,15,19H,6-7,10-13H2,(H,26,30)(H,31,32)/t19-/m1/s1. The van der Waals surface area contributed by atoms with E-state index in [0.717, 1.165) is 5.56 Å². The molecule has 11 heteroatoms. The van der Waals surface area contributed by atoms with Gasteiger partial charge >= 0.3 is 12.2 Å². The third-order valence-corrected chi connectivity index (χ3v) is 6.86. The molecule has 0 radical (unpaired) electrons. The molecule has 2 N–H and O–H groups in total. The maximum absolute atomic E-state index is 13.2. The highest BCUT2D eigenvalue weighted by molar-refractivity contribution is 9.10. The lowest BCUT2D eigenvalue weighted by Crippen LogP contribution is -2.56. The quantitative estimate of drug-likeness (QED) is 0.535. The molecular formula is C23H23BrClN3O6. The van der Waals surface area contributed by atoms with Crippen molar-refractivity contribution in [1.29, 1.82) is 0 Å². The molecule has 0 bridgehead atoms. The molecule has 9 nitrogen and oxygen atoms in total. The molecule has 0 saturated carbocycles. The second-order valence-electron chi connectivity index (χ2n) is 8.12. The van der Waals surface area contributed by atoms with Crippen molar-refractivity contribution in [3.8, 4) is 5.75 Å². The van der Waals surface area contributed by atoms with Crippen molar-refractivity contribution in [3.05, 3.63) is 57.5 Å². The molecular weight excluding hydrogens is 530 g/mol. The average molecular weight is 553 g/mol. The smallest absolute Gasteiger partial charge is 0.407 e. The number of ether oxygens (including phenoxy) is 2. The van der Waals surface area contributed by atoms with Crippen molar-refractivity contribution in [2.45, 2.75) is 19.1 Å². The van der Waals surface area contributed by atoms with Crippen molar-refractivity contribution in [2.24, 2.45) is 5.92 Å². The van der Waals surface area contributed by atoms with Crippen LogP contribution in [0.2, 0.25) is 5.02 Å². The highest BCUT2D eigenvalue weighted by Crippen LogP contribution is 2.41. The van der Waals surface area contributed by atoms with Crippen LogP contribution >= 0.6 is 27.5 Å². The lowest BCUT2D eigenvalue weighted by Gasteiger charge is -2.42. The minimum Gasteiger partial charge on any atom is -0.478 e. The largest absolute Gasteiger partial charge is 0.478 e. The third-order valence-electron chi connectivity index (χ3n) is 5.66. The van der Waals surface area contributed by atoms with Crippen LogP contribution < -0.4 is 15.0 Å². The third kappa shape index (κ3) is 5.56. The Balaban J connectivity index is 1.36. The molecule has 4 rings (SSSR count). The van der Waals surface area contributed by atoms with Gasteiger partial charge in [0.05, 0.1) is 10.7 Å². The Morgan fingerprint density at radius 1 is 1.24 bits per heavy atom. The molecule has 0 aliphatic carbocycles. The van der Waals surface area contributed by atoms with Crippen molar-refractivity contribution in [2.75, 3.05) is 31.1 Å². The van der Waals surface area contributed by atoms with Gasteiger partial charge in [-0.1, -0.05) is 41.9 Å². The molecule has 2 aromatic carbocycles. The summed E-state index contributed by atoms with van der Waals surface area (Å²) in [6.45, 7) is 1.40. The summed E-state index contributed by atoms with van der Waals surface area (Å²) < 4.78 is 11.8. The Kier molecular flexibility index (Phi) is 7.47. The average Bonchev–Trinajstić information content (AvgIpc) is 2.78. The number of alkyl carbamates (subject to hydrolysis) is 1.